The van der Waals surface area contributed by atoms with Crippen molar-refractivity contribution in [3.63, 3.8) is 0 Å². The van der Waals surface area contributed by atoms with Gasteiger partial charge in [-0.15, -0.1) is 0 Å². The van der Waals surface area contributed by atoms with E-state index in [0.29, 0.717) is 5.33 Å². The largest absolute Gasteiger partial charge is 0.464 e. The van der Waals surface area contributed by atoms with Crippen molar-refractivity contribution in [2.45, 2.75) is 20.0 Å². The van der Waals surface area contributed by atoms with Crippen molar-refractivity contribution in [3.05, 3.63) is 0 Å². The SMILES string of the molecule is CCOC(=O)C(OCCBr)C(=O)OCC. The molecule has 15 heavy (non-hydrogen) atoms. The van der Waals surface area contributed by atoms with Crippen LogP contribution in [0.15, 0.2) is 0 Å². The normalized spacial score (nSPS) is 10.1. The number of carbonyl (C=O) groups is 2. The molecule has 0 aliphatic heterocycles. The highest BCUT2D eigenvalue weighted by Gasteiger charge is 2.30. The molecule has 0 aromatic carbocycles. The fourth-order valence-corrected chi connectivity index (χ4v) is 1.02. The number of hydrogen-bond donors (Lipinski definition) is 0. The van der Waals surface area contributed by atoms with Gasteiger partial charge in [-0.2, -0.15) is 0 Å². The van der Waals surface area contributed by atoms with Gasteiger partial charge in [-0.05, 0) is 13.8 Å². The number of alkyl halides is 1. The second kappa shape index (κ2) is 8.67. The van der Waals surface area contributed by atoms with Crippen LogP contribution in [0.5, 0.6) is 0 Å². The third kappa shape index (κ3) is 5.74. The molecule has 0 spiro atoms. The first kappa shape index (κ1) is 14.4. The lowest BCUT2D eigenvalue weighted by molar-refractivity contribution is -0.172. The molecule has 0 atom stereocenters. The van der Waals surface area contributed by atoms with Gasteiger partial charge in [0.2, 0.25) is 0 Å². The Bertz CT molecular complexity index is 189. The maximum Gasteiger partial charge on any atom is 0.347 e. The summed E-state index contributed by atoms with van der Waals surface area (Å²) in [6, 6.07) is 0. The predicted octanol–water partition coefficient (Wildman–Crippen LogP) is 0.893. The fraction of sp³-hybridized carbons (Fsp3) is 0.778. The van der Waals surface area contributed by atoms with Crippen LogP contribution >= 0.6 is 15.9 Å². The molecule has 0 unspecified atom stereocenters. The summed E-state index contributed by atoms with van der Waals surface area (Å²) in [6.45, 7) is 3.95. The van der Waals surface area contributed by atoms with E-state index in [1.54, 1.807) is 13.8 Å². The first-order valence-electron chi connectivity index (χ1n) is 4.68. The molecule has 88 valence electrons. The summed E-state index contributed by atoms with van der Waals surface area (Å²) >= 11 is 3.12. The minimum atomic E-state index is -1.28. The molecular formula is C9H15BrO5. The smallest absolute Gasteiger partial charge is 0.347 e. The van der Waals surface area contributed by atoms with Crippen molar-refractivity contribution in [2.24, 2.45) is 0 Å². The highest BCUT2D eigenvalue weighted by atomic mass is 79.9. The summed E-state index contributed by atoms with van der Waals surface area (Å²) < 4.78 is 14.4. The lowest BCUT2D eigenvalue weighted by Gasteiger charge is -2.14. The molecule has 0 rings (SSSR count). The first-order chi connectivity index (χ1) is 7.17. The molecule has 0 saturated heterocycles. The van der Waals surface area contributed by atoms with Gasteiger partial charge in [0.15, 0.2) is 0 Å². The molecule has 0 amide bonds. The number of carbonyl (C=O) groups excluding carboxylic acids is 2. The molecule has 0 aromatic heterocycles. The molecule has 0 aliphatic carbocycles. The highest BCUT2D eigenvalue weighted by Crippen LogP contribution is 2.00. The summed E-state index contributed by atoms with van der Waals surface area (Å²) in [4.78, 5) is 22.6. The van der Waals surface area contributed by atoms with E-state index < -0.39 is 18.0 Å². The molecule has 0 saturated carbocycles. The van der Waals surface area contributed by atoms with Crippen molar-refractivity contribution in [3.8, 4) is 0 Å². The molecule has 0 fully saturated rings. The van der Waals surface area contributed by atoms with E-state index >= 15 is 0 Å². The molecule has 0 aliphatic rings. The Balaban J connectivity index is 4.28. The number of rotatable bonds is 7. The summed E-state index contributed by atoms with van der Waals surface area (Å²) in [5, 5.41) is 0.530. The van der Waals surface area contributed by atoms with Crippen molar-refractivity contribution in [1.29, 1.82) is 0 Å². The van der Waals surface area contributed by atoms with Crippen molar-refractivity contribution < 1.29 is 23.8 Å². The Morgan fingerprint density at radius 2 is 1.60 bits per heavy atom. The predicted molar refractivity (Wildman–Crippen MR) is 56.8 cm³/mol. The first-order valence-corrected chi connectivity index (χ1v) is 5.80. The topological polar surface area (TPSA) is 61.8 Å². The van der Waals surface area contributed by atoms with E-state index in [-0.39, 0.29) is 19.8 Å². The average Bonchev–Trinajstić information content (AvgIpc) is 2.19. The van der Waals surface area contributed by atoms with Gasteiger partial charge in [0.25, 0.3) is 6.10 Å². The zero-order valence-corrected chi connectivity index (χ0v) is 10.4. The van der Waals surface area contributed by atoms with E-state index in [4.69, 9.17) is 4.74 Å². The Morgan fingerprint density at radius 3 is 1.93 bits per heavy atom. The van der Waals surface area contributed by atoms with Gasteiger partial charge >= 0.3 is 11.9 Å². The zero-order chi connectivity index (χ0) is 11.7. The lowest BCUT2D eigenvalue weighted by Crippen LogP contribution is -2.36. The van der Waals surface area contributed by atoms with Crippen molar-refractivity contribution in [2.75, 3.05) is 25.2 Å². The number of esters is 2. The molecule has 6 heteroatoms. The van der Waals surface area contributed by atoms with Gasteiger partial charge in [0.05, 0.1) is 19.8 Å². The van der Waals surface area contributed by atoms with Crippen LogP contribution < -0.4 is 0 Å². The zero-order valence-electron chi connectivity index (χ0n) is 8.82. The molecule has 0 heterocycles. The Hall–Kier alpha value is -0.620. The molecular weight excluding hydrogens is 268 g/mol. The minimum absolute atomic E-state index is 0.201. The lowest BCUT2D eigenvalue weighted by atomic mass is 10.3. The molecule has 0 N–H and O–H groups in total. The Morgan fingerprint density at radius 1 is 1.13 bits per heavy atom. The Kier molecular flexibility index (Phi) is 8.31. The van der Waals surface area contributed by atoms with Gasteiger partial charge in [-0.25, -0.2) is 9.59 Å². The molecule has 0 radical (unpaired) electrons. The standard InChI is InChI=1S/C9H15BrO5/c1-3-13-8(11)7(15-6-5-10)9(12)14-4-2/h7H,3-6H2,1-2H3. The summed E-state index contributed by atoms with van der Waals surface area (Å²) in [6.07, 6.45) is -1.28. The van der Waals surface area contributed by atoms with Crippen molar-refractivity contribution in [1.82, 2.24) is 0 Å². The quantitative estimate of drug-likeness (QED) is 0.394. The van der Waals surface area contributed by atoms with Crippen LogP contribution in [0.4, 0.5) is 0 Å². The van der Waals surface area contributed by atoms with E-state index in [1.165, 1.54) is 0 Å². The fourth-order valence-electron chi connectivity index (χ4n) is 0.831. The minimum Gasteiger partial charge on any atom is -0.464 e. The van der Waals surface area contributed by atoms with Crippen LogP contribution in [0.2, 0.25) is 0 Å². The third-order valence-corrected chi connectivity index (χ3v) is 1.69. The van der Waals surface area contributed by atoms with Gasteiger partial charge in [0, 0.05) is 5.33 Å². The second-order valence-electron chi connectivity index (χ2n) is 2.44. The van der Waals surface area contributed by atoms with Crippen LogP contribution in [0.1, 0.15) is 13.8 Å². The van der Waals surface area contributed by atoms with E-state index in [9.17, 15) is 9.59 Å². The molecule has 0 aromatic rings. The van der Waals surface area contributed by atoms with Crippen LogP contribution in [0.3, 0.4) is 0 Å². The second-order valence-corrected chi connectivity index (χ2v) is 3.24. The molecule has 0 bridgehead atoms. The monoisotopic (exact) mass is 282 g/mol. The number of halogens is 1. The Labute approximate surface area is 97.2 Å². The summed E-state index contributed by atoms with van der Waals surface area (Å²) in [7, 11) is 0. The molecule has 5 nitrogen and oxygen atoms in total. The highest BCUT2D eigenvalue weighted by molar-refractivity contribution is 9.09. The van der Waals surface area contributed by atoms with Crippen molar-refractivity contribution >= 4 is 27.9 Å². The van der Waals surface area contributed by atoms with E-state index in [1.807, 2.05) is 0 Å². The summed E-state index contributed by atoms with van der Waals surface area (Å²) in [5.74, 6) is -1.42. The third-order valence-electron chi connectivity index (χ3n) is 1.36. The van der Waals surface area contributed by atoms with Gasteiger partial charge in [-0.1, -0.05) is 15.9 Å². The van der Waals surface area contributed by atoms with E-state index in [0.717, 1.165) is 0 Å². The summed E-state index contributed by atoms with van der Waals surface area (Å²) in [5.41, 5.74) is 0. The van der Waals surface area contributed by atoms with E-state index in [2.05, 4.69) is 25.4 Å². The number of ether oxygens (including phenoxy) is 3. The van der Waals surface area contributed by atoms with Crippen LogP contribution in [0.25, 0.3) is 0 Å². The van der Waals surface area contributed by atoms with Crippen LogP contribution in [-0.2, 0) is 23.8 Å². The van der Waals surface area contributed by atoms with Crippen LogP contribution in [0, 0.1) is 0 Å². The van der Waals surface area contributed by atoms with Gasteiger partial charge in [-0.3, -0.25) is 0 Å². The van der Waals surface area contributed by atoms with Gasteiger partial charge < -0.3 is 14.2 Å². The maximum atomic E-state index is 11.3. The van der Waals surface area contributed by atoms with Gasteiger partial charge in [0.1, 0.15) is 0 Å². The maximum absolute atomic E-state index is 11.3. The average molecular weight is 283 g/mol. The number of hydrogen-bond acceptors (Lipinski definition) is 5. The van der Waals surface area contributed by atoms with Crippen LogP contribution in [-0.4, -0.2) is 43.2 Å².